The molecular formula is C13H9BrIS. The van der Waals surface area contributed by atoms with E-state index in [2.05, 4.69) is 81.0 Å². The zero-order chi connectivity index (χ0) is 11.4. The molecule has 0 amide bonds. The van der Waals surface area contributed by atoms with Crippen LogP contribution in [0.4, 0.5) is 0 Å². The number of hydrogen-bond donors (Lipinski definition) is 0. The summed E-state index contributed by atoms with van der Waals surface area (Å²) in [5.74, 6) is 0.982. The Morgan fingerprint density at radius 1 is 1.12 bits per heavy atom. The highest BCUT2D eigenvalue weighted by Crippen LogP contribution is 2.30. The van der Waals surface area contributed by atoms with Gasteiger partial charge in [0.1, 0.15) is 0 Å². The summed E-state index contributed by atoms with van der Waals surface area (Å²) in [7, 11) is 0. The number of halogens is 2. The van der Waals surface area contributed by atoms with Crippen LogP contribution >= 0.6 is 50.3 Å². The standard InChI is InChI=1S/C13H9BrIS/c14-12-7-6-11(15)8-13(12)16-9-10-4-2-1-3-5-10/h1-7H,9H2. The van der Waals surface area contributed by atoms with E-state index in [9.17, 15) is 0 Å². The van der Waals surface area contributed by atoms with Crippen molar-refractivity contribution in [2.75, 3.05) is 0 Å². The third-order valence-corrected chi connectivity index (χ3v) is 4.69. The Balaban J connectivity index is 2.08. The maximum atomic E-state index is 3.55. The van der Waals surface area contributed by atoms with E-state index in [-0.39, 0.29) is 0 Å². The molecule has 0 aliphatic heterocycles. The number of hydrogen-bond acceptors (Lipinski definition) is 1. The van der Waals surface area contributed by atoms with Gasteiger partial charge >= 0.3 is 0 Å². The number of rotatable bonds is 3. The summed E-state index contributed by atoms with van der Waals surface area (Å²) < 4.78 is 2.27. The lowest BCUT2D eigenvalue weighted by Crippen LogP contribution is -1.82. The summed E-state index contributed by atoms with van der Waals surface area (Å²) in [4.78, 5) is 1.18. The Bertz CT molecular complexity index is 471. The fourth-order valence-corrected chi connectivity index (χ4v) is 3.37. The van der Waals surface area contributed by atoms with E-state index in [4.69, 9.17) is 0 Å². The van der Waals surface area contributed by atoms with Crippen molar-refractivity contribution in [1.82, 2.24) is 0 Å². The molecule has 0 fully saturated rings. The largest absolute Gasteiger partial charge is 0.119 e. The van der Waals surface area contributed by atoms with Crippen molar-refractivity contribution in [3.8, 4) is 0 Å². The second kappa shape index (κ2) is 6.07. The van der Waals surface area contributed by atoms with E-state index in [1.807, 2.05) is 17.8 Å². The third kappa shape index (κ3) is 3.50. The lowest BCUT2D eigenvalue weighted by molar-refractivity contribution is 1.33. The first-order valence-electron chi connectivity index (χ1n) is 4.80. The summed E-state index contributed by atoms with van der Waals surface area (Å²) in [5, 5.41) is 0. The first kappa shape index (κ1) is 12.5. The van der Waals surface area contributed by atoms with Crippen molar-refractivity contribution in [3.05, 3.63) is 62.1 Å². The van der Waals surface area contributed by atoms with Crippen LogP contribution in [-0.2, 0) is 5.75 Å². The molecule has 2 aromatic rings. The van der Waals surface area contributed by atoms with Crippen LogP contribution in [0.5, 0.6) is 0 Å². The molecule has 0 aromatic heterocycles. The zero-order valence-electron chi connectivity index (χ0n) is 8.41. The predicted molar refractivity (Wildman–Crippen MR) is 81.7 cm³/mol. The van der Waals surface area contributed by atoms with Crippen molar-refractivity contribution in [2.24, 2.45) is 0 Å². The third-order valence-electron chi connectivity index (χ3n) is 2.05. The van der Waals surface area contributed by atoms with E-state index >= 15 is 0 Å². The van der Waals surface area contributed by atoms with Crippen LogP contribution in [0.25, 0.3) is 0 Å². The van der Waals surface area contributed by atoms with Gasteiger partial charge in [-0.2, -0.15) is 0 Å². The van der Waals surface area contributed by atoms with Crippen molar-refractivity contribution < 1.29 is 0 Å². The van der Waals surface area contributed by atoms with Crippen LogP contribution in [0.1, 0.15) is 5.56 Å². The van der Waals surface area contributed by atoms with Gasteiger partial charge in [0.2, 0.25) is 0 Å². The van der Waals surface area contributed by atoms with Crippen LogP contribution in [0.2, 0.25) is 0 Å². The Labute approximate surface area is 122 Å². The fraction of sp³-hybridized carbons (Fsp3) is 0.0769. The van der Waals surface area contributed by atoms with Crippen LogP contribution in [0, 0.1) is 9.64 Å². The van der Waals surface area contributed by atoms with Gasteiger partial charge in [-0.3, -0.25) is 0 Å². The van der Waals surface area contributed by atoms with Gasteiger partial charge in [0, 0.05) is 24.8 Å². The molecule has 0 nitrogen and oxygen atoms in total. The van der Waals surface area contributed by atoms with Gasteiger partial charge in [-0.25, -0.2) is 0 Å². The molecule has 2 rings (SSSR count). The van der Waals surface area contributed by atoms with Crippen molar-refractivity contribution in [3.63, 3.8) is 0 Å². The van der Waals surface area contributed by atoms with Gasteiger partial charge in [-0.15, -0.1) is 11.8 Å². The Morgan fingerprint density at radius 3 is 2.62 bits per heavy atom. The molecule has 81 valence electrons. The molecule has 2 aromatic carbocycles. The quantitative estimate of drug-likeness (QED) is 0.504. The Kier molecular flexibility index (Phi) is 4.73. The maximum absolute atomic E-state index is 3.55. The van der Waals surface area contributed by atoms with E-state index in [1.165, 1.54) is 10.5 Å². The van der Waals surface area contributed by atoms with Gasteiger partial charge in [0.25, 0.3) is 0 Å². The molecule has 0 spiro atoms. The molecule has 0 aliphatic rings. The molecule has 0 aliphatic carbocycles. The molecule has 0 unspecified atom stereocenters. The zero-order valence-corrected chi connectivity index (χ0v) is 13.0. The van der Waals surface area contributed by atoms with Gasteiger partial charge in [0.15, 0.2) is 0 Å². The minimum atomic E-state index is 0.982. The molecule has 0 N–H and O–H groups in total. The predicted octanol–water partition coefficient (Wildman–Crippen LogP) is 5.15. The highest BCUT2D eigenvalue weighted by Gasteiger charge is 2.02. The van der Waals surface area contributed by atoms with Crippen molar-refractivity contribution in [1.29, 1.82) is 0 Å². The topological polar surface area (TPSA) is 0 Å². The van der Waals surface area contributed by atoms with Crippen LogP contribution < -0.4 is 0 Å². The Morgan fingerprint density at radius 2 is 1.88 bits per heavy atom. The average Bonchev–Trinajstić information content (AvgIpc) is 2.32. The molecule has 0 heterocycles. The molecule has 1 radical (unpaired) electrons. The van der Waals surface area contributed by atoms with Crippen LogP contribution in [-0.4, -0.2) is 0 Å². The summed E-state index contributed by atoms with van der Waals surface area (Å²) in [6.07, 6.45) is 0. The van der Waals surface area contributed by atoms with Crippen LogP contribution in [0.3, 0.4) is 0 Å². The Hall–Kier alpha value is -0.000000000000000111. The maximum Gasteiger partial charge on any atom is 0.0318 e. The molecule has 16 heavy (non-hydrogen) atoms. The highest BCUT2D eigenvalue weighted by atomic mass is 127. The van der Waals surface area contributed by atoms with Gasteiger partial charge in [-0.1, -0.05) is 30.3 Å². The summed E-state index contributed by atoms with van der Waals surface area (Å²) in [5.41, 5.74) is 1.34. The molecular weight excluding hydrogens is 395 g/mol. The summed E-state index contributed by atoms with van der Waals surface area (Å²) in [6.45, 7) is 0. The van der Waals surface area contributed by atoms with E-state index in [0.29, 0.717) is 0 Å². The van der Waals surface area contributed by atoms with Crippen LogP contribution in [0.15, 0.2) is 51.8 Å². The second-order valence-electron chi connectivity index (χ2n) is 3.26. The van der Waals surface area contributed by atoms with E-state index in [1.54, 1.807) is 0 Å². The minimum Gasteiger partial charge on any atom is -0.119 e. The lowest BCUT2D eigenvalue weighted by atomic mass is 10.2. The normalized spacial score (nSPS) is 10.4. The SMILES string of the molecule is Brc1ccc(I)[c]c1SCc1ccccc1. The second-order valence-corrected chi connectivity index (χ2v) is 6.26. The minimum absolute atomic E-state index is 0.982. The van der Waals surface area contributed by atoms with Gasteiger partial charge in [0.05, 0.1) is 0 Å². The van der Waals surface area contributed by atoms with Crippen molar-refractivity contribution >= 4 is 50.3 Å². The first-order chi connectivity index (χ1) is 7.75. The molecule has 0 saturated heterocycles. The molecule has 0 saturated carbocycles. The summed E-state index contributed by atoms with van der Waals surface area (Å²) >= 11 is 7.64. The first-order valence-corrected chi connectivity index (χ1v) is 7.65. The van der Waals surface area contributed by atoms with E-state index in [0.717, 1.165) is 13.8 Å². The smallest absolute Gasteiger partial charge is 0.0318 e. The highest BCUT2D eigenvalue weighted by molar-refractivity contribution is 14.1. The molecule has 0 bridgehead atoms. The van der Waals surface area contributed by atoms with Gasteiger partial charge in [-0.05, 0) is 56.2 Å². The summed E-state index contributed by atoms with van der Waals surface area (Å²) in [6, 6.07) is 18.0. The monoisotopic (exact) mass is 403 g/mol. The van der Waals surface area contributed by atoms with Crippen molar-refractivity contribution in [2.45, 2.75) is 10.6 Å². The molecule has 0 atom stereocenters. The average molecular weight is 404 g/mol. The van der Waals surface area contributed by atoms with E-state index < -0.39 is 0 Å². The number of thioether (sulfide) groups is 1. The number of benzene rings is 2. The lowest BCUT2D eigenvalue weighted by Gasteiger charge is -2.04. The fourth-order valence-electron chi connectivity index (χ4n) is 1.27. The molecule has 3 heteroatoms. The van der Waals surface area contributed by atoms with Gasteiger partial charge < -0.3 is 0 Å².